The van der Waals surface area contributed by atoms with Crippen LogP contribution in [-0.2, 0) is 26.3 Å². The zero-order valence-corrected chi connectivity index (χ0v) is 18.8. The highest BCUT2D eigenvalue weighted by Crippen LogP contribution is 2.54. The number of rotatable bonds is 3. The summed E-state index contributed by atoms with van der Waals surface area (Å²) in [6, 6.07) is 17.1. The minimum atomic E-state index is -1.57. The molecule has 4 atom stereocenters. The Labute approximate surface area is 200 Å². The summed E-state index contributed by atoms with van der Waals surface area (Å²) in [6.07, 6.45) is 0.335. The second-order valence-corrected chi connectivity index (χ2v) is 9.43. The summed E-state index contributed by atoms with van der Waals surface area (Å²) >= 11 is 0. The second-order valence-electron chi connectivity index (χ2n) is 9.43. The van der Waals surface area contributed by atoms with Crippen LogP contribution >= 0.6 is 0 Å². The Balaban J connectivity index is 1.50. The Morgan fingerprint density at radius 1 is 1.00 bits per heavy atom. The predicted octanol–water partition coefficient (Wildman–Crippen LogP) is 3.01. The molecule has 1 spiro atoms. The minimum absolute atomic E-state index is 0.111. The number of hydrogen-bond donors (Lipinski definition) is 3. The van der Waals surface area contributed by atoms with Gasteiger partial charge in [0.25, 0.3) is 0 Å². The van der Waals surface area contributed by atoms with E-state index >= 15 is 0 Å². The molecule has 3 aromatic rings. The molecule has 0 aromatic heterocycles. The number of nitrogens with one attached hydrogen (secondary N) is 2. The number of halogens is 1. The Morgan fingerprint density at radius 3 is 2.51 bits per heavy atom. The molecule has 2 fully saturated rings. The average Bonchev–Trinajstić information content (AvgIpc) is 3.40. The van der Waals surface area contributed by atoms with Gasteiger partial charge in [0.1, 0.15) is 17.1 Å². The predicted molar refractivity (Wildman–Crippen MR) is 126 cm³/mol. The van der Waals surface area contributed by atoms with Crippen molar-refractivity contribution in [1.82, 2.24) is 5.32 Å². The second kappa shape index (κ2) is 7.48. The van der Waals surface area contributed by atoms with Gasteiger partial charge in [-0.2, -0.15) is 0 Å². The molecular formula is C27H22FN3O4. The normalized spacial score (nSPS) is 26.9. The number of carbonyl (C=O) groups excluding carboxylic acids is 3. The molecule has 3 amide bonds. The number of amides is 3. The summed E-state index contributed by atoms with van der Waals surface area (Å²) in [5.74, 6) is -3.66. The van der Waals surface area contributed by atoms with Gasteiger partial charge in [-0.1, -0.05) is 24.3 Å². The Kier molecular flexibility index (Phi) is 4.59. The molecule has 6 rings (SSSR count). The van der Waals surface area contributed by atoms with Crippen molar-refractivity contribution >= 4 is 29.1 Å². The van der Waals surface area contributed by atoms with E-state index in [1.165, 1.54) is 23.1 Å². The Bertz CT molecular complexity index is 1410. The van der Waals surface area contributed by atoms with E-state index < -0.39 is 47.0 Å². The van der Waals surface area contributed by atoms with Gasteiger partial charge < -0.3 is 10.4 Å². The van der Waals surface area contributed by atoms with E-state index in [0.717, 1.165) is 11.1 Å². The highest BCUT2D eigenvalue weighted by Gasteiger charge is 2.70. The molecule has 3 aliphatic rings. The molecule has 176 valence electrons. The fourth-order valence-corrected chi connectivity index (χ4v) is 5.86. The maximum atomic E-state index is 14.4. The number of aromatic hydroxyl groups is 1. The lowest BCUT2D eigenvalue weighted by Crippen LogP contribution is -2.53. The van der Waals surface area contributed by atoms with E-state index in [1.54, 1.807) is 42.5 Å². The molecule has 7 nitrogen and oxygen atoms in total. The van der Waals surface area contributed by atoms with Gasteiger partial charge in [0, 0.05) is 17.3 Å². The fraction of sp³-hybridized carbons (Fsp3) is 0.222. The van der Waals surface area contributed by atoms with Crippen LogP contribution in [0.3, 0.4) is 0 Å². The minimum Gasteiger partial charge on any atom is -0.508 e. The van der Waals surface area contributed by atoms with Crippen LogP contribution in [-0.4, -0.2) is 28.9 Å². The molecule has 0 aliphatic carbocycles. The largest absolute Gasteiger partial charge is 0.508 e. The number of benzene rings is 3. The first kappa shape index (κ1) is 21.5. The maximum Gasteiger partial charge on any atom is 0.250 e. The van der Waals surface area contributed by atoms with Crippen molar-refractivity contribution in [2.45, 2.75) is 24.9 Å². The zero-order chi connectivity index (χ0) is 24.5. The van der Waals surface area contributed by atoms with Crippen molar-refractivity contribution in [2.24, 2.45) is 11.8 Å². The first-order valence-corrected chi connectivity index (χ1v) is 11.4. The first-order valence-electron chi connectivity index (χ1n) is 11.4. The number of fused-ring (bicyclic) bond motifs is 4. The number of imide groups is 1. The Hall–Kier alpha value is -4.04. The van der Waals surface area contributed by atoms with Gasteiger partial charge in [-0.3, -0.25) is 19.7 Å². The monoisotopic (exact) mass is 471 g/mol. The van der Waals surface area contributed by atoms with Gasteiger partial charge in [0.15, 0.2) is 0 Å². The molecular weight excluding hydrogens is 449 g/mol. The van der Waals surface area contributed by atoms with Gasteiger partial charge in [-0.15, -0.1) is 0 Å². The third-order valence-corrected chi connectivity index (χ3v) is 7.33. The molecule has 0 bridgehead atoms. The van der Waals surface area contributed by atoms with Crippen molar-refractivity contribution in [3.63, 3.8) is 0 Å². The number of carbonyl (C=O) groups is 3. The number of nitrogens with zero attached hydrogens (tertiary/aromatic N) is 1. The lowest BCUT2D eigenvalue weighted by Gasteiger charge is -2.29. The van der Waals surface area contributed by atoms with Crippen LogP contribution in [0.5, 0.6) is 5.75 Å². The summed E-state index contributed by atoms with van der Waals surface area (Å²) < 4.78 is 14.4. The lowest BCUT2D eigenvalue weighted by atomic mass is 9.76. The topological polar surface area (TPSA) is 98.7 Å². The van der Waals surface area contributed by atoms with Gasteiger partial charge in [0.2, 0.25) is 17.7 Å². The van der Waals surface area contributed by atoms with Crippen LogP contribution in [0.25, 0.3) is 0 Å². The molecule has 2 saturated heterocycles. The summed E-state index contributed by atoms with van der Waals surface area (Å²) in [5, 5.41) is 15.7. The van der Waals surface area contributed by atoms with Gasteiger partial charge in [-0.05, 0) is 66.9 Å². The van der Waals surface area contributed by atoms with Crippen molar-refractivity contribution in [2.75, 3.05) is 10.2 Å². The summed E-state index contributed by atoms with van der Waals surface area (Å²) in [6.45, 7) is 1.87. The van der Waals surface area contributed by atoms with Crippen LogP contribution in [0.2, 0.25) is 0 Å². The SMILES string of the molecule is Cc1cccc(N2C(=O)[C@H]3[C@@H](C2=O)[C@]2(N[C@@H]3Cc3ccc(O)cc3)C(=O)Nc3ccc(F)cc32)c1. The molecule has 35 heavy (non-hydrogen) atoms. The van der Waals surface area contributed by atoms with Crippen molar-refractivity contribution < 1.29 is 23.9 Å². The van der Waals surface area contributed by atoms with E-state index in [9.17, 15) is 23.9 Å². The Morgan fingerprint density at radius 2 is 1.77 bits per heavy atom. The number of anilines is 2. The summed E-state index contributed by atoms with van der Waals surface area (Å²) in [4.78, 5) is 42.4. The fourth-order valence-electron chi connectivity index (χ4n) is 5.86. The highest BCUT2D eigenvalue weighted by molar-refractivity contribution is 6.25. The standard InChI is InChI=1S/C27H22FN3O4/c1-14-3-2-4-17(11-14)31-24(33)22-21(12-15-5-8-18(32)9-6-15)30-27(23(22)25(31)34)19-13-16(28)7-10-20(19)29-26(27)35/h2-11,13,21-23,30,32H,12H2,1H3,(H,29,35)/t21-,22-,23+,27+/m1/s1. The molecule has 0 radical (unpaired) electrons. The van der Waals surface area contributed by atoms with E-state index in [4.69, 9.17) is 0 Å². The molecule has 8 heteroatoms. The molecule has 3 N–H and O–H groups in total. The molecule has 3 aromatic carbocycles. The number of aryl methyl sites for hydroxylation is 1. The zero-order valence-electron chi connectivity index (χ0n) is 18.8. The van der Waals surface area contributed by atoms with Crippen molar-refractivity contribution in [1.29, 1.82) is 0 Å². The lowest BCUT2D eigenvalue weighted by molar-refractivity contribution is -0.130. The van der Waals surface area contributed by atoms with Crippen LogP contribution in [0.15, 0.2) is 66.7 Å². The van der Waals surface area contributed by atoms with Crippen LogP contribution in [0.4, 0.5) is 15.8 Å². The number of hydrogen-bond acceptors (Lipinski definition) is 5. The maximum absolute atomic E-state index is 14.4. The first-order chi connectivity index (χ1) is 16.8. The molecule has 0 saturated carbocycles. The van der Waals surface area contributed by atoms with Crippen LogP contribution in [0.1, 0.15) is 16.7 Å². The van der Waals surface area contributed by atoms with E-state index in [-0.39, 0.29) is 5.75 Å². The third-order valence-electron chi connectivity index (χ3n) is 7.33. The van der Waals surface area contributed by atoms with Gasteiger partial charge in [0.05, 0.1) is 17.5 Å². The van der Waals surface area contributed by atoms with Crippen molar-refractivity contribution in [3.8, 4) is 5.75 Å². The smallest absolute Gasteiger partial charge is 0.250 e. The van der Waals surface area contributed by atoms with Crippen molar-refractivity contribution in [3.05, 3.63) is 89.2 Å². The quantitative estimate of drug-likeness (QED) is 0.510. The van der Waals surface area contributed by atoms with Gasteiger partial charge in [-0.25, -0.2) is 9.29 Å². The van der Waals surface area contributed by atoms with E-state index in [0.29, 0.717) is 23.4 Å². The van der Waals surface area contributed by atoms with Gasteiger partial charge >= 0.3 is 0 Å². The van der Waals surface area contributed by atoms with Crippen LogP contribution in [0, 0.1) is 24.6 Å². The molecule has 3 heterocycles. The number of phenolic OH excluding ortho intramolecular Hbond substituents is 1. The van der Waals surface area contributed by atoms with E-state index in [1.807, 2.05) is 13.0 Å². The molecule has 0 unspecified atom stereocenters. The van der Waals surface area contributed by atoms with E-state index in [2.05, 4.69) is 10.6 Å². The number of phenols is 1. The summed E-state index contributed by atoms with van der Waals surface area (Å²) in [5.41, 5.74) is 1.34. The average molecular weight is 471 g/mol. The summed E-state index contributed by atoms with van der Waals surface area (Å²) in [7, 11) is 0. The molecule has 3 aliphatic heterocycles. The van der Waals surface area contributed by atoms with Crippen LogP contribution < -0.4 is 15.5 Å². The third kappa shape index (κ3) is 3.03. The highest BCUT2D eigenvalue weighted by atomic mass is 19.1.